The first-order chi connectivity index (χ1) is 29.7. The molecule has 4 aliphatic rings. The van der Waals surface area contributed by atoms with E-state index in [9.17, 15) is 25.1 Å². The Labute approximate surface area is 349 Å². The van der Waals surface area contributed by atoms with Crippen LogP contribution in [0.1, 0.15) is 22.3 Å². The Bertz CT molecular complexity index is 2710. The number of aliphatic hydroxyl groups excluding tert-OH is 3. The van der Waals surface area contributed by atoms with Gasteiger partial charge in [0.25, 0.3) is 11.1 Å². The molecule has 4 N–H and O–H groups in total. The van der Waals surface area contributed by atoms with Gasteiger partial charge in [-0.25, -0.2) is 0 Å². The molecule has 0 aliphatic carbocycles. The predicted octanol–water partition coefficient (Wildman–Crippen LogP) is 2.96. The molecule has 0 bridgehead atoms. The number of nitrogens with zero attached hydrogens (tertiary/aromatic N) is 4. The molecule has 0 saturated carbocycles. The molecule has 4 aliphatic heterocycles. The number of aliphatic hydroxyl groups is 3. The molecule has 15 heteroatoms. The van der Waals surface area contributed by atoms with E-state index in [1.165, 1.54) is 4.57 Å². The molecule has 2 unspecified atom stereocenters. The highest BCUT2D eigenvalue weighted by atomic mass is 16.6. The molecule has 61 heavy (non-hydrogen) atoms. The Hall–Kier alpha value is -6.40. The SMILES string of the molecule is N#Cc1c(O)c2ccccc2n(Cc2ccccc2)c1=O.N#Cc1c(OC2CO[C@H]3[C@@H]2OC[C@@H]3O)c2ccccc2n(Cc2ccccc2)c1=O.OC1CO[C@H]2[C@@H]1OC[C@@H]2O. The zero-order chi connectivity index (χ0) is 42.6. The van der Waals surface area contributed by atoms with Crippen molar-refractivity contribution in [1.82, 2.24) is 9.13 Å². The minimum absolute atomic E-state index is 0.0494. The second kappa shape index (κ2) is 18.1. The van der Waals surface area contributed by atoms with Gasteiger partial charge in [-0.05, 0) is 35.4 Å². The smallest absolute Gasteiger partial charge is 0.273 e. The number of aromatic nitrogens is 2. The Morgan fingerprint density at radius 1 is 0.557 bits per heavy atom. The first kappa shape index (κ1) is 41.3. The Morgan fingerprint density at radius 2 is 0.967 bits per heavy atom. The van der Waals surface area contributed by atoms with Crippen LogP contribution in [-0.2, 0) is 32.0 Å². The van der Waals surface area contributed by atoms with Gasteiger partial charge in [-0.3, -0.25) is 9.59 Å². The number of pyridine rings is 2. The van der Waals surface area contributed by atoms with Gasteiger partial charge in [-0.2, -0.15) is 10.5 Å². The van der Waals surface area contributed by atoms with Crippen molar-refractivity contribution in [3.63, 3.8) is 0 Å². The third-order valence-electron chi connectivity index (χ3n) is 11.1. The van der Waals surface area contributed by atoms with Crippen LogP contribution < -0.4 is 15.9 Å². The first-order valence-corrected chi connectivity index (χ1v) is 19.7. The van der Waals surface area contributed by atoms with Gasteiger partial charge in [-0.15, -0.1) is 0 Å². The zero-order valence-corrected chi connectivity index (χ0v) is 32.7. The van der Waals surface area contributed by atoms with Crippen molar-refractivity contribution in [3.05, 3.63) is 152 Å². The summed E-state index contributed by atoms with van der Waals surface area (Å²) in [6.07, 6.45) is -3.79. The Kier molecular flexibility index (Phi) is 12.2. The summed E-state index contributed by atoms with van der Waals surface area (Å²) in [6, 6.07) is 37.4. The van der Waals surface area contributed by atoms with Crippen molar-refractivity contribution in [3.8, 4) is 23.6 Å². The molecule has 6 heterocycles. The largest absolute Gasteiger partial charge is 0.506 e. The summed E-state index contributed by atoms with van der Waals surface area (Å²) >= 11 is 0. The van der Waals surface area contributed by atoms with Crippen molar-refractivity contribution >= 4 is 21.8 Å². The van der Waals surface area contributed by atoms with Gasteiger partial charge in [0.15, 0.2) is 23.0 Å². The normalized spacial score (nSPS) is 24.7. The van der Waals surface area contributed by atoms with Gasteiger partial charge in [0.1, 0.15) is 60.6 Å². The second-order valence-corrected chi connectivity index (χ2v) is 15.0. The number of aromatic hydroxyl groups is 1. The maximum Gasteiger partial charge on any atom is 0.273 e. The lowest BCUT2D eigenvalue weighted by Gasteiger charge is -2.21. The molecule has 15 nitrogen and oxygen atoms in total. The van der Waals surface area contributed by atoms with Gasteiger partial charge in [0.2, 0.25) is 0 Å². The van der Waals surface area contributed by atoms with E-state index in [4.69, 9.17) is 39.2 Å². The van der Waals surface area contributed by atoms with Crippen LogP contribution in [0, 0.1) is 22.7 Å². The average molecular weight is 827 g/mol. The van der Waals surface area contributed by atoms with E-state index in [-0.39, 0.29) is 61.3 Å². The predicted molar refractivity (Wildman–Crippen MR) is 220 cm³/mol. The van der Waals surface area contributed by atoms with Gasteiger partial charge in [-0.1, -0.05) is 84.9 Å². The minimum atomic E-state index is -0.699. The molecule has 312 valence electrons. The van der Waals surface area contributed by atoms with Crippen molar-refractivity contribution in [1.29, 1.82) is 10.5 Å². The lowest BCUT2D eigenvalue weighted by atomic mass is 10.1. The summed E-state index contributed by atoms with van der Waals surface area (Å²) < 4.78 is 30.7. The summed E-state index contributed by atoms with van der Waals surface area (Å²) in [5.74, 6) is -0.0101. The Balaban J connectivity index is 0.000000143. The highest BCUT2D eigenvalue weighted by molar-refractivity contribution is 5.88. The van der Waals surface area contributed by atoms with Gasteiger partial charge in [0, 0.05) is 10.8 Å². The average Bonchev–Trinajstić information content (AvgIpc) is 4.07. The molecular formula is C46H42N4O11. The number of ether oxygens (including phenoxy) is 5. The first-order valence-electron chi connectivity index (χ1n) is 19.7. The number of nitriles is 2. The molecule has 4 fully saturated rings. The molecule has 4 aromatic carbocycles. The molecular weight excluding hydrogens is 785 g/mol. The van der Waals surface area contributed by atoms with Crippen LogP contribution in [-0.4, -0.2) is 105 Å². The molecule has 0 amide bonds. The third kappa shape index (κ3) is 8.24. The molecule has 8 atom stereocenters. The van der Waals surface area contributed by atoms with Gasteiger partial charge < -0.3 is 53.2 Å². The standard InChI is InChI=1S/C23H20N2O5.C17H12N2O2.C6H10O4/c24-10-16-20(30-19-13-29-21-18(26)12-28-22(19)21)15-8-4-5-9-17(15)25(23(16)27)11-14-6-2-1-3-7-14;18-10-14-16(20)13-8-4-5-9-15(13)19(17(14)21)11-12-6-2-1-3-7-12;7-3-1-9-6-4(8)2-10-5(3)6/h1-9,18-19,21-22,26H,11-13H2;1-9,20H,11H2;3-8H,1-2H2/t18-,19?,21+,22+;;3-,4?,5+,6+/m0.0/s1. The highest BCUT2D eigenvalue weighted by Gasteiger charge is 2.49. The van der Waals surface area contributed by atoms with E-state index >= 15 is 0 Å². The summed E-state index contributed by atoms with van der Waals surface area (Å²) in [5, 5.41) is 58.5. The van der Waals surface area contributed by atoms with Crippen LogP contribution >= 0.6 is 0 Å². The Morgan fingerprint density at radius 3 is 1.49 bits per heavy atom. The quantitative estimate of drug-likeness (QED) is 0.190. The fraction of sp³-hybridized carbons (Fsp3) is 0.304. The topological polar surface area (TPSA) is 219 Å². The number of para-hydroxylation sites is 2. The number of rotatable bonds is 6. The van der Waals surface area contributed by atoms with Crippen molar-refractivity contribution < 1.29 is 44.1 Å². The van der Waals surface area contributed by atoms with Crippen LogP contribution in [0.4, 0.5) is 0 Å². The van der Waals surface area contributed by atoms with Crippen molar-refractivity contribution in [2.24, 2.45) is 0 Å². The summed E-state index contributed by atoms with van der Waals surface area (Å²) in [5.41, 5.74) is 2.07. The van der Waals surface area contributed by atoms with Crippen molar-refractivity contribution in [2.45, 2.75) is 61.9 Å². The molecule has 2 aromatic heterocycles. The highest BCUT2D eigenvalue weighted by Crippen LogP contribution is 2.34. The van der Waals surface area contributed by atoms with E-state index in [1.807, 2.05) is 91.0 Å². The number of benzene rings is 4. The zero-order valence-electron chi connectivity index (χ0n) is 32.7. The molecule has 0 spiro atoms. The van der Waals surface area contributed by atoms with Crippen LogP contribution in [0.5, 0.6) is 11.5 Å². The number of hydrogen-bond donors (Lipinski definition) is 4. The summed E-state index contributed by atoms with van der Waals surface area (Å²) in [4.78, 5) is 25.7. The van der Waals surface area contributed by atoms with E-state index in [1.54, 1.807) is 34.9 Å². The number of hydrogen-bond acceptors (Lipinski definition) is 13. The van der Waals surface area contributed by atoms with E-state index in [2.05, 4.69) is 0 Å². The molecule has 4 saturated heterocycles. The van der Waals surface area contributed by atoms with Crippen LogP contribution in [0.3, 0.4) is 0 Å². The van der Waals surface area contributed by atoms with Crippen LogP contribution in [0.25, 0.3) is 21.8 Å². The monoisotopic (exact) mass is 826 g/mol. The van der Waals surface area contributed by atoms with E-state index in [0.717, 1.165) is 11.1 Å². The second-order valence-electron chi connectivity index (χ2n) is 15.0. The fourth-order valence-corrected chi connectivity index (χ4v) is 8.09. The minimum Gasteiger partial charge on any atom is -0.506 e. The maximum absolute atomic E-state index is 13.3. The van der Waals surface area contributed by atoms with E-state index in [0.29, 0.717) is 34.9 Å². The van der Waals surface area contributed by atoms with Gasteiger partial charge in [0.05, 0.1) is 50.6 Å². The number of fused-ring (bicyclic) bond motifs is 4. The van der Waals surface area contributed by atoms with Crippen LogP contribution in [0.15, 0.2) is 119 Å². The third-order valence-corrected chi connectivity index (χ3v) is 11.1. The summed E-state index contributed by atoms with van der Waals surface area (Å²) in [7, 11) is 0. The summed E-state index contributed by atoms with van der Waals surface area (Å²) in [6.45, 7) is 1.67. The maximum atomic E-state index is 13.3. The lowest BCUT2D eigenvalue weighted by Crippen LogP contribution is -2.35. The van der Waals surface area contributed by atoms with Crippen molar-refractivity contribution in [2.75, 3.05) is 26.4 Å². The van der Waals surface area contributed by atoms with E-state index < -0.39 is 47.7 Å². The molecule has 10 rings (SSSR count). The van der Waals surface area contributed by atoms with Gasteiger partial charge >= 0.3 is 0 Å². The molecule has 0 radical (unpaired) electrons. The van der Waals surface area contributed by atoms with Crippen LogP contribution in [0.2, 0.25) is 0 Å². The molecule has 6 aromatic rings. The fourth-order valence-electron chi connectivity index (χ4n) is 8.09. The lowest BCUT2D eigenvalue weighted by molar-refractivity contribution is 0.00205.